The lowest BCUT2D eigenvalue weighted by molar-refractivity contribution is -0.384. The number of aryl methyl sites for hydroxylation is 3. The van der Waals surface area contributed by atoms with Gasteiger partial charge in [0, 0.05) is 18.8 Å². The minimum absolute atomic E-state index is 0.000941. The van der Waals surface area contributed by atoms with Gasteiger partial charge in [-0.25, -0.2) is 4.79 Å². The molecule has 0 saturated heterocycles. The predicted molar refractivity (Wildman–Crippen MR) is 86.9 cm³/mol. The Hall–Kier alpha value is -3.16. The van der Waals surface area contributed by atoms with Gasteiger partial charge in [0.15, 0.2) is 6.61 Å². The lowest BCUT2D eigenvalue weighted by Gasteiger charge is -2.09. The van der Waals surface area contributed by atoms with Crippen molar-refractivity contribution in [3.63, 3.8) is 0 Å². The lowest BCUT2D eigenvalue weighted by Crippen LogP contribution is -2.22. The molecule has 0 spiro atoms. The van der Waals surface area contributed by atoms with E-state index in [1.165, 1.54) is 17.8 Å². The third-order valence-corrected chi connectivity index (χ3v) is 3.40. The maximum Gasteiger partial charge on any atom is 0.355 e. The van der Waals surface area contributed by atoms with E-state index in [2.05, 4.69) is 5.32 Å². The maximum atomic E-state index is 11.9. The Morgan fingerprint density at radius 3 is 2.58 bits per heavy atom. The van der Waals surface area contributed by atoms with Crippen LogP contribution in [0.15, 0.2) is 30.5 Å². The fourth-order valence-corrected chi connectivity index (χ4v) is 2.20. The Labute approximate surface area is 138 Å². The van der Waals surface area contributed by atoms with Crippen LogP contribution >= 0.6 is 0 Å². The third-order valence-electron chi connectivity index (χ3n) is 3.40. The molecule has 1 heterocycles. The smallest absolute Gasteiger partial charge is 0.355 e. The second-order valence-electron chi connectivity index (χ2n) is 5.39. The van der Waals surface area contributed by atoms with Crippen molar-refractivity contribution in [2.45, 2.75) is 13.8 Å². The highest BCUT2D eigenvalue weighted by Gasteiger charge is 2.19. The summed E-state index contributed by atoms with van der Waals surface area (Å²) >= 11 is 0. The monoisotopic (exact) mass is 331 g/mol. The number of benzene rings is 1. The average Bonchev–Trinajstić information content (AvgIpc) is 2.90. The summed E-state index contributed by atoms with van der Waals surface area (Å²) in [5.74, 6) is -1.29. The maximum absolute atomic E-state index is 11.9. The molecule has 0 aliphatic carbocycles. The Kier molecular flexibility index (Phi) is 4.98. The topological polar surface area (TPSA) is 103 Å². The second-order valence-corrected chi connectivity index (χ2v) is 5.39. The number of carbonyl (C=O) groups excluding carboxylic acids is 2. The van der Waals surface area contributed by atoms with Crippen LogP contribution in [0.1, 0.15) is 21.6 Å². The highest BCUT2D eigenvalue weighted by atomic mass is 16.6. The second kappa shape index (κ2) is 6.95. The van der Waals surface area contributed by atoms with Gasteiger partial charge in [-0.05, 0) is 25.5 Å². The summed E-state index contributed by atoms with van der Waals surface area (Å²) in [6, 6.07) is 6.65. The number of anilines is 1. The van der Waals surface area contributed by atoms with Gasteiger partial charge >= 0.3 is 5.97 Å². The predicted octanol–water partition coefficient (Wildman–Crippen LogP) is 2.35. The molecule has 126 valence electrons. The van der Waals surface area contributed by atoms with Crippen LogP contribution in [0, 0.1) is 24.0 Å². The van der Waals surface area contributed by atoms with E-state index in [1.54, 1.807) is 6.07 Å². The summed E-state index contributed by atoms with van der Waals surface area (Å²) < 4.78 is 6.19. The summed E-state index contributed by atoms with van der Waals surface area (Å²) in [6.45, 7) is 3.32. The molecule has 2 aromatic rings. The first-order chi connectivity index (χ1) is 11.3. The van der Waals surface area contributed by atoms with Gasteiger partial charge < -0.3 is 14.6 Å². The molecule has 0 saturated carbocycles. The molecule has 8 nitrogen and oxygen atoms in total. The van der Waals surface area contributed by atoms with Crippen LogP contribution in [0.5, 0.6) is 0 Å². The van der Waals surface area contributed by atoms with Crippen molar-refractivity contribution in [3.8, 4) is 0 Å². The number of aromatic nitrogens is 1. The van der Waals surface area contributed by atoms with Gasteiger partial charge in [-0.15, -0.1) is 0 Å². The summed E-state index contributed by atoms with van der Waals surface area (Å²) in [4.78, 5) is 33.9. The van der Waals surface area contributed by atoms with Gasteiger partial charge in [-0.3, -0.25) is 14.9 Å². The van der Waals surface area contributed by atoms with Crippen molar-refractivity contribution < 1.29 is 19.2 Å². The van der Waals surface area contributed by atoms with Gasteiger partial charge in [0.25, 0.3) is 11.6 Å². The normalized spacial score (nSPS) is 10.3. The van der Waals surface area contributed by atoms with E-state index in [4.69, 9.17) is 4.74 Å². The molecule has 0 aliphatic rings. The standard InChI is InChI=1S/C16H17N3O5/c1-10-4-5-13(11(2)6-10)17-15(20)9-24-16(21)14-7-12(19(22)23)8-18(14)3/h4-8H,9H2,1-3H3,(H,17,20). The molecule has 1 N–H and O–H groups in total. The minimum atomic E-state index is -0.804. The number of nitrogens with one attached hydrogen (secondary N) is 1. The van der Waals surface area contributed by atoms with Crippen LogP contribution in [0.25, 0.3) is 0 Å². The van der Waals surface area contributed by atoms with Crippen molar-refractivity contribution in [2.24, 2.45) is 7.05 Å². The van der Waals surface area contributed by atoms with E-state index in [9.17, 15) is 19.7 Å². The fourth-order valence-electron chi connectivity index (χ4n) is 2.20. The number of hydrogen-bond acceptors (Lipinski definition) is 5. The summed E-state index contributed by atoms with van der Waals surface area (Å²) in [7, 11) is 1.49. The summed E-state index contributed by atoms with van der Waals surface area (Å²) in [5, 5.41) is 13.3. The minimum Gasteiger partial charge on any atom is -0.451 e. The highest BCUT2D eigenvalue weighted by molar-refractivity contribution is 5.95. The SMILES string of the molecule is Cc1ccc(NC(=O)COC(=O)c2cc([N+](=O)[O-])cn2C)c(C)c1. The van der Waals surface area contributed by atoms with Gasteiger partial charge in [0.2, 0.25) is 0 Å². The Balaban J connectivity index is 1.96. The zero-order chi connectivity index (χ0) is 17.9. The van der Waals surface area contributed by atoms with Crippen molar-refractivity contribution in [1.82, 2.24) is 4.57 Å². The largest absolute Gasteiger partial charge is 0.451 e. The molecule has 0 bridgehead atoms. The van der Waals surface area contributed by atoms with E-state index < -0.39 is 23.4 Å². The molecule has 24 heavy (non-hydrogen) atoms. The number of nitrogens with zero attached hydrogens (tertiary/aromatic N) is 2. The van der Waals surface area contributed by atoms with Crippen LogP contribution in [0.2, 0.25) is 0 Å². The first-order valence-corrected chi connectivity index (χ1v) is 7.13. The van der Waals surface area contributed by atoms with Crippen LogP contribution in [-0.4, -0.2) is 28.0 Å². The number of ether oxygens (including phenoxy) is 1. The molecular weight excluding hydrogens is 314 g/mol. The molecule has 2 rings (SSSR count). The van der Waals surface area contributed by atoms with Crippen molar-refractivity contribution >= 4 is 23.3 Å². The van der Waals surface area contributed by atoms with Crippen LogP contribution in [0.4, 0.5) is 11.4 Å². The first-order valence-electron chi connectivity index (χ1n) is 7.13. The molecule has 1 aromatic heterocycles. The quantitative estimate of drug-likeness (QED) is 0.514. The zero-order valence-corrected chi connectivity index (χ0v) is 13.5. The molecule has 1 aromatic carbocycles. The molecule has 1 amide bonds. The van der Waals surface area contributed by atoms with Gasteiger partial charge in [-0.2, -0.15) is 0 Å². The van der Waals surface area contributed by atoms with Crippen molar-refractivity contribution in [1.29, 1.82) is 0 Å². The van der Waals surface area contributed by atoms with E-state index in [1.807, 2.05) is 26.0 Å². The highest BCUT2D eigenvalue weighted by Crippen LogP contribution is 2.17. The van der Waals surface area contributed by atoms with Crippen LogP contribution in [0.3, 0.4) is 0 Å². The summed E-state index contributed by atoms with van der Waals surface area (Å²) in [5.41, 5.74) is 2.39. The number of amides is 1. The van der Waals surface area contributed by atoms with E-state index >= 15 is 0 Å². The number of esters is 1. The molecular formula is C16H17N3O5. The summed E-state index contributed by atoms with van der Waals surface area (Å²) in [6.07, 6.45) is 1.20. The number of hydrogen-bond donors (Lipinski definition) is 1. The third kappa shape index (κ3) is 3.97. The van der Waals surface area contributed by atoms with Gasteiger partial charge in [-0.1, -0.05) is 17.7 Å². The number of rotatable bonds is 5. The molecule has 0 aliphatic heterocycles. The zero-order valence-electron chi connectivity index (χ0n) is 13.5. The van der Waals surface area contributed by atoms with Gasteiger partial charge in [0.1, 0.15) is 5.69 Å². The number of carbonyl (C=O) groups is 2. The first kappa shape index (κ1) is 17.2. The lowest BCUT2D eigenvalue weighted by atomic mass is 10.1. The van der Waals surface area contributed by atoms with E-state index in [0.29, 0.717) is 5.69 Å². The number of nitro groups is 1. The molecule has 0 atom stereocenters. The van der Waals surface area contributed by atoms with E-state index in [0.717, 1.165) is 17.2 Å². The fraction of sp³-hybridized carbons (Fsp3) is 0.250. The Bertz CT molecular complexity index is 810. The van der Waals surface area contributed by atoms with Crippen molar-refractivity contribution in [3.05, 3.63) is 57.4 Å². The average molecular weight is 331 g/mol. The van der Waals surface area contributed by atoms with Gasteiger partial charge in [0.05, 0.1) is 11.1 Å². The Morgan fingerprint density at radius 1 is 1.29 bits per heavy atom. The molecule has 0 fully saturated rings. The van der Waals surface area contributed by atoms with Crippen molar-refractivity contribution in [2.75, 3.05) is 11.9 Å². The molecule has 0 radical (unpaired) electrons. The van der Waals surface area contributed by atoms with Crippen LogP contribution in [-0.2, 0) is 16.6 Å². The molecule has 0 unspecified atom stereocenters. The Morgan fingerprint density at radius 2 is 2.00 bits per heavy atom. The van der Waals surface area contributed by atoms with E-state index in [-0.39, 0.29) is 11.4 Å². The van der Waals surface area contributed by atoms with Crippen LogP contribution < -0.4 is 5.32 Å². The molecule has 8 heteroatoms.